The van der Waals surface area contributed by atoms with E-state index in [2.05, 4.69) is 0 Å². The average Bonchev–Trinajstić information content (AvgIpc) is 2.20. The number of methoxy groups -OCH3 is 1. The van der Waals surface area contributed by atoms with Gasteiger partial charge in [-0.1, -0.05) is 11.6 Å². The maximum Gasteiger partial charge on any atom is 0.177 e. The number of alkyl halides is 1. The summed E-state index contributed by atoms with van der Waals surface area (Å²) < 4.78 is 4.83. The molecule has 0 aliphatic rings. The number of carbonyl (C=O) groups excluding carboxylic acids is 1. The molecule has 0 atom stereocenters. The van der Waals surface area contributed by atoms with Crippen molar-refractivity contribution < 1.29 is 14.6 Å². The number of halogens is 2. The lowest BCUT2D eigenvalue weighted by Crippen LogP contribution is -2.00. The SMILES string of the molecule is COc1cc(C(=O)CCl)cc(Cl)c1O. The lowest BCUT2D eigenvalue weighted by molar-refractivity contribution is 0.102. The lowest BCUT2D eigenvalue weighted by Gasteiger charge is -2.06. The Labute approximate surface area is 91.2 Å². The first-order valence-electron chi connectivity index (χ1n) is 3.75. The lowest BCUT2D eigenvalue weighted by atomic mass is 10.1. The first-order chi connectivity index (χ1) is 6.60. The minimum Gasteiger partial charge on any atom is -0.503 e. The molecule has 76 valence electrons. The monoisotopic (exact) mass is 234 g/mol. The van der Waals surface area contributed by atoms with E-state index in [4.69, 9.17) is 27.9 Å². The van der Waals surface area contributed by atoms with Crippen LogP contribution in [0.5, 0.6) is 11.5 Å². The summed E-state index contributed by atoms with van der Waals surface area (Å²) in [5, 5.41) is 9.44. The van der Waals surface area contributed by atoms with E-state index in [-0.39, 0.29) is 28.2 Å². The molecule has 0 aliphatic heterocycles. The largest absolute Gasteiger partial charge is 0.503 e. The highest BCUT2D eigenvalue weighted by atomic mass is 35.5. The van der Waals surface area contributed by atoms with Crippen molar-refractivity contribution in [2.75, 3.05) is 13.0 Å². The quantitative estimate of drug-likeness (QED) is 0.646. The number of hydrogen-bond acceptors (Lipinski definition) is 3. The zero-order valence-corrected chi connectivity index (χ0v) is 8.89. The smallest absolute Gasteiger partial charge is 0.177 e. The Kier molecular flexibility index (Phi) is 3.61. The van der Waals surface area contributed by atoms with Gasteiger partial charge < -0.3 is 9.84 Å². The number of phenols is 1. The number of hydrogen-bond donors (Lipinski definition) is 1. The molecule has 0 saturated carbocycles. The number of benzene rings is 1. The van der Waals surface area contributed by atoms with Crippen LogP contribution in [0.15, 0.2) is 12.1 Å². The number of aromatic hydroxyl groups is 1. The molecule has 1 rings (SSSR count). The summed E-state index contributed by atoms with van der Waals surface area (Å²) in [6.07, 6.45) is 0. The van der Waals surface area contributed by atoms with Gasteiger partial charge >= 0.3 is 0 Å². The van der Waals surface area contributed by atoms with Gasteiger partial charge in [-0.25, -0.2) is 0 Å². The summed E-state index contributed by atoms with van der Waals surface area (Å²) in [5.74, 6) is -0.428. The van der Waals surface area contributed by atoms with Crippen LogP contribution in [0.25, 0.3) is 0 Å². The van der Waals surface area contributed by atoms with E-state index in [1.807, 2.05) is 0 Å². The predicted molar refractivity (Wildman–Crippen MR) is 54.7 cm³/mol. The van der Waals surface area contributed by atoms with Crippen LogP contribution < -0.4 is 4.74 Å². The number of rotatable bonds is 3. The van der Waals surface area contributed by atoms with E-state index >= 15 is 0 Å². The van der Waals surface area contributed by atoms with Crippen LogP contribution >= 0.6 is 23.2 Å². The van der Waals surface area contributed by atoms with Gasteiger partial charge in [0, 0.05) is 5.56 Å². The van der Waals surface area contributed by atoms with E-state index in [9.17, 15) is 9.90 Å². The number of phenolic OH excluding ortho intramolecular Hbond substituents is 1. The Morgan fingerprint density at radius 3 is 2.71 bits per heavy atom. The summed E-state index contributed by atoms with van der Waals surface area (Å²) in [6, 6.07) is 2.75. The van der Waals surface area contributed by atoms with Crippen LogP contribution in [0, 0.1) is 0 Å². The van der Waals surface area contributed by atoms with Crippen molar-refractivity contribution in [1.82, 2.24) is 0 Å². The van der Waals surface area contributed by atoms with Crippen LogP contribution in [0.3, 0.4) is 0 Å². The molecule has 0 spiro atoms. The molecule has 1 N–H and O–H groups in total. The molecule has 1 aromatic rings. The minimum atomic E-state index is -0.271. The molecular formula is C9H8Cl2O3. The first kappa shape index (κ1) is 11.1. The minimum absolute atomic E-state index is 0.0674. The van der Waals surface area contributed by atoms with Gasteiger partial charge in [0.15, 0.2) is 17.3 Å². The average molecular weight is 235 g/mol. The van der Waals surface area contributed by atoms with Gasteiger partial charge in [0.1, 0.15) is 0 Å². The van der Waals surface area contributed by atoms with Gasteiger partial charge in [0.25, 0.3) is 0 Å². The van der Waals surface area contributed by atoms with E-state index in [1.54, 1.807) is 0 Å². The molecule has 3 nitrogen and oxygen atoms in total. The summed E-state index contributed by atoms with van der Waals surface area (Å²) in [4.78, 5) is 11.2. The van der Waals surface area contributed by atoms with Crippen molar-refractivity contribution in [3.63, 3.8) is 0 Å². The number of ether oxygens (including phenoxy) is 1. The molecule has 0 fully saturated rings. The third kappa shape index (κ3) is 2.11. The van der Waals surface area contributed by atoms with E-state index in [1.165, 1.54) is 19.2 Å². The van der Waals surface area contributed by atoms with Crippen LogP contribution in [0.2, 0.25) is 5.02 Å². The fourth-order valence-corrected chi connectivity index (χ4v) is 1.33. The van der Waals surface area contributed by atoms with Gasteiger partial charge in [-0.15, -0.1) is 11.6 Å². The predicted octanol–water partition coefficient (Wildman–Crippen LogP) is 2.48. The number of carbonyl (C=O) groups is 1. The Morgan fingerprint density at radius 1 is 1.57 bits per heavy atom. The summed E-state index contributed by atoms with van der Waals surface area (Å²) in [7, 11) is 1.38. The highest BCUT2D eigenvalue weighted by molar-refractivity contribution is 6.34. The third-order valence-corrected chi connectivity index (χ3v) is 2.22. The Hall–Kier alpha value is -0.930. The Morgan fingerprint density at radius 2 is 2.21 bits per heavy atom. The summed E-state index contributed by atoms with van der Waals surface area (Å²) >= 11 is 11.1. The highest BCUT2D eigenvalue weighted by Crippen LogP contribution is 2.34. The van der Waals surface area contributed by atoms with Crippen molar-refractivity contribution in [1.29, 1.82) is 0 Å². The molecule has 0 amide bonds. The third-order valence-electron chi connectivity index (χ3n) is 1.69. The molecule has 0 unspecified atom stereocenters. The molecule has 0 radical (unpaired) electrons. The van der Waals surface area contributed by atoms with Gasteiger partial charge in [-0.2, -0.15) is 0 Å². The van der Waals surface area contributed by atoms with Crippen LogP contribution in [-0.2, 0) is 0 Å². The molecular weight excluding hydrogens is 227 g/mol. The Bertz CT molecular complexity index is 363. The zero-order valence-electron chi connectivity index (χ0n) is 7.38. The van der Waals surface area contributed by atoms with Crippen molar-refractivity contribution in [2.45, 2.75) is 0 Å². The second-order valence-corrected chi connectivity index (χ2v) is 3.24. The molecule has 14 heavy (non-hydrogen) atoms. The van der Waals surface area contributed by atoms with Crippen LogP contribution in [0.4, 0.5) is 0 Å². The van der Waals surface area contributed by atoms with Gasteiger partial charge in [0.05, 0.1) is 18.0 Å². The molecule has 1 aromatic carbocycles. The molecule has 5 heteroatoms. The van der Waals surface area contributed by atoms with Crippen molar-refractivity contribution in [3.8, 4) is 11.5 Å². The van der Waals surface area contributed by atoms with E-state index < -0.39 is 0 Å². The molecule has 0 aliphatic carbocycles. The normalized spacial score (nSPS) is 9.93. The van der Waals surface area contributed by atoms with Crippen LogP contribution in [0.1, 0.15) is 10.4 Å². The topological polar surface area (TPSA) is 46.5 Å². The van der Waals surface area contributed by atoms with E-state index in [0.29, 0.717) is 5.56 Å². The molecule has 0 heterocycles. The first-order valence-corrected chi connectivity index (χ1v) is 4.67. The second kappa shape index (κ2) is 4.53. The maximum absolute atomic E-state index is 11.2. The van der Waals surface area contributed by atoms with Gasteiger partial charge in [-0.3, -0.25) is 4.79 Å². The summed E-state index contributed by atoms with van der Waals surface area (Å²) in [5.41, 5.74) is 0.319. The van der Waals surface area contributed by atoms with Crippen molar-refractivity contribution >= 4 is 29.0 Å². The molecule has 0 saturated heterocycles. The van der Waals surface area contributed by atoms with Crippen LogP contribution in [-0.4, -0.2) is 23.9 Å². The fraction of sp³-hybridized carbons (Fsp3) is 0.222. The van der Waals surface area contributed by atoms with Crippen molar-refractivity contribution in [3.05, 3.63) is 22.7 Å². The Balaban J connectivity index is 3.22. The van der Waals surface area contributed by atoms with Gasteiger partial charge in [-0.05, 0) is 12.1 Å². The second-order valence-electron chi connectivity index (χ2n) is 2.57. The fourth-order valence-electron chi connectivity index (χ4n) is 0.968. The van der Waals surface area contributed by atoms with E-state index in [0.717, 1.165) is 0 Å². The van der Waals surface area contributed by atoms with Crippen molar-refractivity contribution in [2.24, 2.45) is 0 Å². The molecule has 0 aromatic heterocycles. The standard InChI is InChI=1S/C9H8Cl2O3/c1-14-8-3-5(7(12)4-10)2-6(11)9(8)13/h2-3,13H,4H2,1H3. The number of Topliss-reactive ketones (excluding diaryl/α,β-unsaturated/α-hetero) is 1. The zero-order chi connectivity index (χ0) is 10.7. The number of ketones is 1. The molecule has 0 bridgehead atoms. The summed E-state index contributed by atoms with van der Waals surface area (Å²) in [6.45, 7) is 0. The van der Waals surface area contributed by atoms with Gasteiger partial charge in [0.2, 0.25) is 0 Å². The highest BCUT2D eigenvalue weighted by Gasteiger charge is 2.12. The maximum atomic E-state index is 11.2.